The van der Waals surface area contributed by atoms with Crippen molar-refractivity contribution in [2.45, 2.75) is 0 Å². The molecule has 0 bridgehead atoms. The van der Waals surface area contributed by atoms with Gasteiger partial charge in [0.25, 0.3) is 0 Å². The molecule has 0 saturated carbocycles. The zero-order chi connectivity index (χ0) is 11.2. The first-order valence-corrected chi connectivity index (χ1v) is 5.03. The number of anilines is 1. The zero-order valence-electron chi connectivity index (χ0n) is 7.24. The lowest BCUT2D eigenvalue weighted by Crippen LogP contribution is -2.02. The Morgan fingerprint density at radius 3 is 2.93 bits per heavy atom. The van der Waals surface area contributed by atoms with E-state index < -0.39 is 5.97 Å². The normalized spacial score (nSPS) is 10.8. The van der Waals surface area contributed by atoms with Crippen molar-refractivity contribution in [2.24, 2.45) is 0 Å². The summed E-state index contributed by atoms with van der Waals surface area (Å²) in [4.78, 5) is 14.6. The van der Waals surface area contributed by atoms with Gasteiger partial charge in [-0.2, -0.15) is 0 Å². The first-order valence-electron chi connectivity index (χ1n) is 3.86. The minimum absolute atomic E-state index is 0.0562. The number of carboxylic acids is 1. The molecule has 0 spiro atoms. The van der Waals surface area contributed by atoms with Gasteiger partial charge in [0.2, 0.25) is 0 Å². The molecule has 0 aliphatic rings. The Morgan fingerprint density at radius 2 is 2.33 bits per heavy atom. The third-order valence-electron chi connectivity index (χ3n) is 1.88. The summed E-state index contributed by atoms with van der Waals surface area (Å²) in [6, 6.07) is 1.62. The molecular formula is C8H5BrClN3O2. The maximum absolute atomic E-state index is 10.8. The number of imidazole rings is 1. The van der Waals surface area contributed by atoms with E-state index in [1.165, 1.54) is 4.40 Å². The van der Waals surface area contributed by atoms with E-state index in [4.69, 9.17) is 22.4 Å². The number of aromatic nitrogens is 2. The van der Waals surface area contributed by atoms with Gasteiger partial charge in [0, 0.05) is 10.7 Å². The summed E-state index contributed by atoms with van der Waals surface area (Å²) in [5.41, 5.74) is 5.75. The van der Waals surface area contributed by atoms with Crippen LogP contribution >= 0.6 is 27.5 Å². The molecule has 5 nitrogen and oxygen atoms in total. The number of aromatic carboxylic acids is 1. The van der Waals surface area contributed by atoms with E-state index in [9.17, 15) is 4.79 Å². The second kappa shape index (κ2) is 3.39. The zero-order valence-corrected chi connectivity index (χ0v) is 9.58. The van der Waals surface area contributed by atoms with Crippen molar-refractivity contribution < 1.29 is 9.90 Å². The van der Waals surface area contributed by atoms with Crippen LogP contribution < -0.4 is 5.73 Å². The van der Waals surface area contributed by atoms with Crippen LogP contribution in [0.25, 0.3) is 5.65 Å². The Labute approximate surface area is 97.6 Å². The summed E-state index contributed by atoms with van der Waals surface area (Å²) < 4.78 is 2.12. The molecule has 0 amide bonds. The molecule has 0 aliphatic carbocycles. The second-order valence-corrected chi connectivity index (χ2v) is 4.17. The fraction of sp³-hybridized carbons (Fsp3) is 0. The van der Waals surface area contributed by atoms with Gasteiger partial charge in [0.15, 0.2) is 11.3 Å². The molecule has 2 aromatic rings. The lowest BCUT2D eigenvalue weighted by atomic mass is 10.4. The van der Waals surface area contributed by atoms with Crippen LogP contribution in [0.2, 0.25) is 5.02 Å². The van der Waals surface area contributed by atoms with Crippen LogP contribution in [0.1, 0.15) is 10.5 Å². The predicted molar refractivity (Wildman–Crippen MR) is 59.3 cm³/mol. The molecule has 0 saturated heterocycles. The van der Waals surface area contributed by atoms with Crippen LogP contribution in [-0.2, 0) is 0 Å². The molecule has 2 rings (SSSR count). The number of halogens is 2. The molecule has 0 unspecified atom stereocenters. The number of nitrogens with two attached hydrogens (primary N) is 1. The summed E-state index contributed by atoms with van der Waals surface area (Å²) in [6.07, 6.45) is 1.61. The highest BCUT2D eigenvalue weighted by Crippen LogP contribution is 2.25. The maximum atomic E-state index is 10.8. The molecule has 0 fully saturated rings. The minimum Gasteiger partial charge on any atom is -0.476 e. The number of nitrogens with zero attached hydrogens (tertiary/aromatic N) is 2. The van der Waals surface area contributed by atoms with Crippen molar-refractivity contribution >= 4 is 45.0 Å². The van der Waals surface area contributed by atoms with E-state index in [0.29, 0.717) is 15.1 Å². The average molecular weight is 291 g/mol. The van der Waals surface area contributed by atoms with E-state index in [0.717, 1.165) is 0 Å². The van der Waals surface area contributed by atoms with E-state index in [-0.39, 0.29) is 11.5 Å². The lowest BCUT2D eigenvalue weighted by molar-refractivity contribution is 0.0692. The molecule has 15 heavy (non-hydrogen) atoms. The fourth-order valence-corrected chi connectivity index (χ4v) is 2.06. The molecule has 78 valence electrons. The Bertz CT molecular complexity index is 567. The van der Waals surface area contributed by atoms with Crippen LogP contribution in [0.4, 0.5) is 5.82 Å². The summed E-state index contributed by atoms with van der Waals surface area (Å²) in [7, 11) is 0. The Morgan fingerprint density at radius 1 is 1.67 bits per heavy atom. The molecule has 0 atom stereocenters. The molecule has 0 aliphatic heterocycles. The summed E-state index contributed by atoms with van der Waals surface area (Å²) >= 11 is 9.12. The smallest absolute Gasteiger partial charge is 0.358 e. The maximum Gasteiger partial charge on any atom is 0.358 e. The summed E-state index contributed by atoms with van der Waals surface area (Å²) in [5.74, 6) is -1.12. The number of nitrogen functional groups attached to an aromatic ring is 1. The fourth-order valence-electron chi connectivity index (χ4n) is 1.25. The van der Waals surface area contributed by atoms with Gasteiger partial charge in [-0.05, 0) is 22.0 Å². The first kappa shape index (κ1) is 10.3. The first-order chi connectivity index (χ1) is 7.00. The number of hydrogen-bond donors (Lipinski definition) is 2. The van der Waals surface area contributed by atoms with E-state index >= 15 is 0 Å². The van der Waals surface area contributed by atoms with Gasteiger partial charge in [-0.15, -0.1) is 0 Å². The second-order valence-electron chi connectivity index (χ2n) is 2.85. The van der Waals surface area contributed by atoms with Gasteiger partial charge in [-0.25, -0.2) is 9.78 Å². The van der Waals surface area contributed by atoms with E-state index in [1.807, 2.05) is 0 Å². The quantitative estimate of drug-likeness (QED) is 0.842. The van der Waals surface area contributed by atoms with Gasteiger partial charge in [-0.3, -0.25) is 4.40 Å². The van der Waals surface area contributed by atoms with Gasteiger partial charge in [-0.1, -0.05) is 11.6 Å². The van der Waals surface area contributed by atoms with Crippen LogP contribution in [0.3, 0.4) is 0 Å². The Kier molecular flexibility index (Phi) is 2.32. The van der Waals surface area contributed by atoms with Crippen molar-refractivity contribution in [1.82, 2.24) is 9.38 Å². The Hall–Kier alpha value is -1.27. The highest BCUT2D eigenvalue weighted by molar-refractivity contribution is 9.10. The topological polar surface area (TPSA) is 80.6 Å². The summed E-state index contributed by atoms with van der Waals surface area (Å²) in [6.45, 7) is 0. The van der Waals surface area contributed by atoms with Gasteiger partial charge >= 0.3 is 5.97 Å². The number of carbonyl (C=O) groups is 1. The van der Waals surface area contributed by atoms with Gasteiger partial charge < -0.3 is 10.8 Å². The molecule has 2 aromatic heterocycles. The van der Waals surface area contributed by atoms with Crippen LogP contribution in [-0.4, -0.2) is 20.5 Å². The predicted octanol–water partition coefficient (Wildman–Crippen LogP) is 2.03. The van der Waals surface area contributed by atoms with Crippen molar-refractivity contribution in [3.63, 3.8) is 0 Å². The van der Waals surface area contributed by atoms with Crippen LogP contribution in [0, 0.1) is 0 Å². The van der Waals surface area contributed by atoms with Gasteiger partial charge in [0.1, 0.15) is 5.82 Å². The molecular weight excluding hydrogens is 285 g/mol. The van der Waals surface area contributed by atoms with E-state index in [2.05, 4.69) is 20.9 Å². The summed E-state index contributed by atoms with van der Waals surface area (Å²) in [5, 5.41) is 9.15. The molecule has 0 aromatic carbocycles. The molecule has 7 heteroatoms. The van der Waals surface area contributed by atoms with E-state index in [1.54, 1.807) is 12.3 Å². The lowest BCUT2D eigenvalue weighted by Gasteiger charge is -1.98. The number of pyridine rings is 1. The van der Waals surface area contributed by atoms with Crippen molar-refractivity contribution in [3.8, 4) is 0 Å². The number of carboxylic acid groups (broad SMARTS) is 1. The molecule has 2 heterocycles. The van der Waals surface area contributed by atoms with Crippen molar-refractivity contribution in [3.05, 3.63) is 27.5 Å². The minimum atomic E-state index is -1.18. The largest absolute Gasteiger partial charge is 0.476 e. The molecule has 0 radical (unpaired) electrons. The third-order valence-corrected chi connectivity index (χ3v) is 2.59. The standard InChI is InChI=1S/C8H5BrClN3O2/c9-3-1-4(10)7-12-5(8(14)15)6(11)13(7)2-3/h1-2H,11H2,(H,14,15). The highest BCUT2D eigenvalue weighted by Gasteiger charge is 2.17. The number of fused-ring (bicyclic) bond motifs is 1. The SMILES string of the molecule is Nc1c(C(=O)O)nc2c(Cl)cc(Br)cn12. The van der Waals surface area contributed by atoms with Crippen molar-refractivity contribution in [2.75, 3.05) is 5.73 Å². The number of rotatable bonds is 1. The molecule has 3 N–H and O–H groups in total. The highest BCUT2D eigenvalue weighted by atomic mass is 79.9. The van der Waals surface area contributed by atoms with Gasteiger partial charge in [0.05, 0.1) is 5.02 Å². The Balaban J connectivity index is 2.88. The third kappa shape index (κ3) is 1.55. The monoisotopic (exact) mass is 289 g/mol. The number of hydrogen-bond acceptors (Lipinski definition) is 3. The van der Waals surface area contributed by atoms with Crippen LogP contribution in [0.15, 0.2) is 16.7 Å². The average Bonchev–Trinajstić information content (AvgIpc) is 2.44. The van der Waals surface area contributed by atoms with Crippen LogP contribution in [0.5, 0.6) is 0 Å². The van der Waals surface area contributed by atoms with Crippen molar-refractivity contribution in [1.29, 1.82) is 0 Å².